The number of nitrogens with zero attached hydrogens (tertiary/aromatic N) is 2. The SMILES string of the molecule is Cc1cc2c(cc1/C=C1\SC(=O)N(C(C)C)C1=O)[C@@H](C)CC(C)(C)N2C(C)C. The number of fused-ring (bicyclic) bond motifs is 1. The van der Waals surface area contributed by atoms with Gasteiger partial charge in [-0.25, -0.2) is 0 Å². The normalized spacial score (nSPS) is 23.4. The second kappa shape index (κ2) is 7.25. The minimum Gasteiger partial charge on any atom is -0.364 e. The highest BCUT2D eigenvalue weighted by molar-refractivity contribution is 8.18. The second-order valence-electron chi connectivity index (χ2n) is 9.29. The molecular weight excluding hydrogens is 368 g/mol. The first-order valence-corrected chi connectivity index (χ1v) is 11.0. The molecule has 1 aromatic carbocycles. The summed E-state index contributed by atoms with van der Waals surface area (Å²) in [5, 5.41) is -0.178. The van der Waals surface area contributed by atoms with Crippen molar-refractivity contribution in [2.45, 2.75) is 85.4 Å². The van der Waals surface area contributed by atoms with Gasteiger partial charge < -0.3 is 4.90 Å². The van der Waals surface area contributed by atoms with Gasteiger partial charge in [0.25, 0.3) is 11.1 Å². The lowest BCUT2D eigenvalue weighted by molar-refractivity contribution is -0.123. The zero-order valence-corrected chi connectivity index (χ0v) is 19.1. The summed E-state index contributed by atoms with van der Waals surface area (Å²) in [6.07, 6.45) is 2.99. The van der Waals surface area contributed by atoms with Gasteiger partial charge >= 0.3 is 0 Å². The molecule has 1 aromatic rings. The molecule has 1 saturated heterocycles. The highest BCUT2D eigenvalue weighted by atomic mass is 32.2. The van der Waals surface area contributed by atoms with E-state index < -0.39 is 0 Å². The Balaban J connectivity index is 2.06. The van der Waals surface area contributed by atoms with E-state index in [1.165, 1.54) is 16.2 Å². The van der Waals surface area contributed by atoms with Crippen molar-refractivity contribution in [3.05, 3.63) is 33.7 Å². The monoisotopic (exact) mass is 400 g/mol. The van der Waals surface area contributed by atoms with E-state index in [4.69, 9.17) is 0 Å². The predicted molar refractivity (Wildman–Crippen MR) is 119 cm³/mol. The number of carbonyl (C=O) groups excluding carboxylic acids is 2. The van der Waals surface area contributed by atoms with Crippen molar-refractivity contribution in [3.8, 4) is 0 Å². The Morgan fingerprint density at radius 2 is 1.79 bits per heavy atom. The summed E-state index contributed by atoms with van der Waals surface area (Å²) < 4.78 is 0. The van der Waals surface area contributed by atoms with Crippen LogP contribution in [0.2, 0.25) is 0 Å². The second-order valence-corrected chi connectivity index (χ2v) is 10.3. The predicted octanol–water partition coefficient (Wildman–Crippen LogP) is 5.94. The van der Waals surface area contributed by atoms with E-state index in [0.29, 0.717) is 16.9 Å². The largest absolute Gasteiger partial charge is 0.364 e. The number of hydrogen-bond acceptors (Lipinski definition) is 4. The third kappa shape index (κ3) is 3.49. The van der Waals surface area contributed by atoms with Crippen molar-refractivity contribution < 1.29 is 9.59 Å². The van der Waals surface area contributed by atoms with Crippen LogP contribution in [0.1, 0.15) is 77.5 Å². The van der Waals surface area contributed by atoms with Gasteiger partial charge in [0.2, 0.25) is 0 Å². The van der Waals surface area contributed by atoms with Crippen molar-refractivity contribution in [1.29, 1.82) is 0 Å². The maximum atomic E-state index is 12.7. The van der Waals surface area contributed by atoms with Gasteiger partial charge in [0, 0.05) is 23.3 Å². The van der Waals surface area contributed by atoms with Crippen molar-refractivity contribution in [3.63, 3.8) is 0 Å². The number of carbonyl (C=O) groups is 2. The fourth-order valence-corrected chi connectivity index (χ4v) is 5.76. The van der Waals surface area contributed by atoms with Crippen LogP contribution in [0, 0.1) is 6.92 Å². The third-order valence-electron chi connectivity index (χ3n) is 5.81. The van der Waals surface area contributed by atoms with E-state index in [1.54, 1.807) is 0 Å². The van der Waals surface area contributed by atoms with Crippen LogP contribution in [0.4, 0.5) is 10.5 Å². The lowest BCUT2D eigenvalue weighted by Gasteiger charge is -2.50. The number of anilines is 1. The summed E-state index contributed by atoms with van der Waals surface area (Å²) in [5.41, 5.74) is 4.89. The van der Waals surface area contributed by atoms with E-state index >= 15 is 0 Å². The Hall–Kier alpha value is -1.75. The zero-order valence-electron chi connectivity index (χ0n) is 18.3. The molecule has 1 atom stereocenters. The molecule has 152 valence electrons. The van der Waals surface area contributed by atoms with Crippen LogP contribution in [0.3, 0.4) is 0 Å². The molecule has 5 heteroatoms. The lowest BCUT2D eigenvalue weighted by Crippen LogP contribution is -2.51. The van der Waals surface area contributed by atoms with Gasteiger partial charge in [-0.3, -0.25) is 14.5 Å². The van der Waals surface area contributed by atoms with Gasteiger partial charge in [0.1, 0.15) is 0 Å². The average Bonchev–Trinajstić information content (AvgIpc) is 2.81. The van der Waals surface area contributed by atoms with Crippen LogP contribution in [0.15, 0.2) is 17.0 Å². The molecule has 0 saturated carbocycles. The standard InChI is InChI=1S/C23H32N2O2S/c1-13(2)24-21(26)20(28-22(24)27)11-17-10-18-16(6)12-23(7,8)25(14(3)4)19(18)9-15(17)5/h9-11,13-14,16H,12H2,1-8H3/b20-11-/t16-/m0/s1. The lowest BCUT2D eigenvalue weighted by atomic mass is 9.78. The molecule has 2 heterocycles. The van der Waals surface area contributed by atoms with Crippen molar-refractivity contribution in [2.75, 3.05) is 4.90 Å². The Morgan fingerprint density at radius 1 is 1.14 bits per heavy atom. The number of imide groups is 1. The molecule has 0 aromatic heterocycles. The number of thioether (sulfide) groups is 1. The van der Waals surface area contributed by atoms with Gasteiger partial charge in [-0.15, -0.1) is 0 Å². The summed E-state index contributed by atoms with van der Waals surface area (Å²) in [4.78, 5) is 29.2. The Morgan fingerprint density at radius 3 is 2.32 bits per heavy atom. The molecule has 0 spiro atoms. The van der Waals surface area contributed by atoms with E-state index in [-0.39, 0.29) is 22.7 Å². The highest BCUT2D eigenvalue weighted by Crippen LogP contribution is 2.46. The molecule has 1 fully saturated rings. The van der Waals surface area contributed by atoms with Crippen LogP contribution >= 0.6 is 11.8 Å². The van der Waals surface area contributed by atoms with Crippen molar-refractivity contribution in [2.24, 2.45) is 0 Å². The molecule has 2 aliphatic rings. The minimum absolute atomic E-state index is 0.106. The molecule has 4 nitrogen and oxygen atoms in total. The fourth-order valence-electron chi connectivity index (χ4n) is 4.81. The summed E-state index contributed by atoms with van der Waals surface area (Å²) in [7, 11) is 0. The van der Waals surface area contributed by atoms with E-state index in [9.17, 15) is 9.59 Å². The van der Waals surface area contributed by atoms with Gasteiger partial charge in [0.05, 0.1) is 4.91 Å². The Labute approximate surface area is 173 Å². The molecule has 0 unspecified atom stereocenters. The maximum Gasteiger partial charge on any atom is 0.293 e. The van der Waals surface area contributed by atoms with Gasteiger partial charge in [-0.05, 0) is 107 Å². The van der Waals surface area contributed by atoms with Crippen LogP contribution in [-0.2, 0) is 4.79 Å². The quantitative estimate of drug-likeness (QED) is 0.589. The van der Waals surface area contributed by atoms with E-state index in [0.717, 1.165) is 29.3 Å². The summed E-state index contributed by atoms with van der Waals surface area (Å²) in [6, 6.07) is 4.77. The minimum atomic E-state index is -0.180. The molecule has 28 heavy (non-hydrogen) atoms. The first-order valence-electron chi connectivity index (χ1n) is 10.1. The van der Waals surface area contributed by atoms with E-state index in [2.05, 4.69) is 58.6 Å². The molecule has 2 amide bonds. The molecule has 0 N–H and O–H groups in total. The van der Waals surface area contributed by atoms with Gasteiger partial charge in [-0.2, -0.15) is 0 Å². The van der Waals surface area contributed by atoms with Crippen LogP contribution in [0.25, 0.3) is 6.08 Å². The first kappa shape index (κ1) is 21.0. The Kier molecular flexibility index (Phi) is 5.43. The van der Waals surface area contributed by atoms with Crippen LogP contribution in [0.5, 0.6) is 0 Å². The van der Waals surface area contributed by atoms with Gasteiger partial charge in [0.15, 0.2) is 0 Å². The van der Waals surface area contributed by atoms with Crippen LogP contribution in [-0.4, -0.2) is 33.7 Å². The third-order valence-corrected chi connectivity index (χ3v) is 6.69. The molecule has 0 bridgehead atoms. The summed E-state index contributed by atoms with van der Waals surface area (Å²) in [5.74, 6) is 0.263. The van der Waals surface area contributed by atoms with Crippen molar-refractivity contribution >= 4 is 34.7 Å². The highest BCUT2D eigenvalue weighted by Gasteiger charge is 2.39. The number of benzene rings is 1. The molecule has 0 aliphatic carbocycles. The van der Waals surface area contributed by atoms with E-state index in [1.807, 2.05) is 19.9 Å². The smallest absolute Gasteiger partial charge is 0.293 e. The van der Waals surface area contributed by atoms with Gasteiger partial charge in [-0.1, -0.05) is 6.92 Å². The fraction of sp³-hybridized carbons (Fsp3) is 0.565. The number of rotatable bonds is 3. The Bertz CT molecular complexity index is 854. The summed E-state index contributed by atoms with van der Waals surface area (Å²) >= 11 is 1.05. The summed E-state index contributed by atoms with van der Waals surface area (Å²) in [6.45, 7) is 17.2. The average molecular weight is 401 g/mol. The molecule has 3 rings (SSSR count). The van der Waals surface area contributed by atoms with Crippen molar-refractivity contribution in [1.82, 2.24) is 4.90 Å². The number of hydrogen-bond donors (Lipinski definition) is 0. The number of amides is 2. The topological polar surface area (TPSA) is 40.6 Å². The molecular formula is C23H32N2O2S. The number of aryl methyl sites for hydroxylation is 1. The molecule has 0 radical (unpaired) electrons. The first-order chi connectivity index (χ1) is 12.9. The zero-order chi connectivity index (χ0) is 21.0. The van der Waals surface area contributed by atoms with Crippen LogP contribution < -0.4 is 4.90 Å². The molecule has 2 aliphatic heterocycles. The maximum absolute atomic E-state index is 12.7.